The Morgan fingerprint density at radius 1 is 0.897 bits per heavy atom. The summed E-state index contributed by atoms with van der Waals surface area (Å²) < 4.78 is 1.81. The highest BCUT2D eigenvalue weighted by atomic mass is 16.2. The molecule has 29 heavy (non-hydrogen) atoms. The minimum Gasteiger partial charge on any atom is -0.341 e. The Morgan fingerprint density at radius 3 is 2.48 bits per heavy atom. The molecule has 1 aromatic heterocycles. The van der Waals surface area contributed by atoms with Crippen molar-refractivity contribution in [2.45, 2.75) is 52.0 Å². The second-order valence-corrected chi connectivity index (χ2v) is 8.03. The number of nitrogens with zero attached hydrogens (tertiary/aromatic N) is 4. The maximum absolute atomic E-state index is 13.1. The molecule has 0 bridgehead atoms. The molecule has 3 heterocycles. The Labute approximate surface area is 170 Å². The van der Waals surface area contributed by atoms with Gasteiger partial charge in [0, 0.05) is 51.6 Å². The average Bonchev–Trinajstić information content (AvgIpc) is 2.95. The molecule has 0 aliphatic carbocycles. The van der Waals surface area contributed by atoms with E-state index in [1.807, 2.05) is 4.57 Å². The summed E-state index contributed by atoms with van der Waals surface area (Å²) >= 11 is 0. The van der Waals surface area contributed by atoms with Gasteiger partial charge in [-0.05, 0) is 37.5 Å². The van der Waals surface area contributed by atoms with Crippen LogP contribution in [0, 0.1) is 0 Å². The predicted molar refractivity (Wildman–Crippen MR) is 111 cm³/mol. The summed E-state index contributed by atoms with van der Waals surface area (Å²) in [6.45, 7) is 4.68. The van der Waals surface area contributed by atoms with Crippen molar-refractivity contribution in [3.8, 4) is 0 Å². The molecule has 0 atom stereocenters. The lowest BCUT2D eigenvalue weighted by molar-refractivity contribution is -0.128. The number of fused-ring (bicyclic) bond motifs is 2. The van der Waals surface area contributed by atoms with Crippen LogP contribution in [0.5, 0.6) is 0 Å². The number of carbonyl (C=O) groups excluding carboxylic acids is 2. The Hall–Kier alpha value is -2.70. The first-order valence-electron chi connectivity index (χ1n) is 10.6. The van der Waals surface area contributed by atoms with Crippen LogP contribution in [-0.2, 0) is 17.8 Å². The lowest BCUT2D eigenvalue weighted by Gasteiger charge is -2.21. The van der Waals surface area contributed by atoms with Crippen molar-refractivity contribution >= 4 is 22.7 Å². The first-order chi connectivity index (χ1) is 14.0. The SMILES string of the molecule is CC(=O)N1CCCN(C(=O)c2ccc3c(=O)n4c(nc3c2)CCCCCC4)CC1. The molecule has 7 nitrogen and oxygen atoms in total. The van der Waals surface area contributed by atoms with E-state index >= 15 is 0 Å². The number of amides is 2. The van der Waals surface area contributed by atoms with Crippen LogP contribution in [0.1, 0.15) is 55.2 Å². The van der Waals surface area contributed by atoms with Gasteiger partial charge in [0.25, 0.3) is 11.5 Å². The van der Waals surface area contributed by atoms with Crippen molar-refractivity contribution in [2.24, 2.45) is 0 Å². The highest BCUT2D eigenvalue weighted by Gasteiger charge is 2.22. The van der Waals surface area contributed by atoms with Crippen LogP contribution < -0.4 is 5.56 Å². The first-order valence-corrected chi connectivity index (χ1v) is 10.6. The maximum atomic E-state index is 13.1. The number of rotatable bonds is 1. The van der Waals surface area contributed by atoms with Gasteiger partial charge < -0.3 is 9.80 Å². The van der Waals surface area contributed by atoms with Crippen molar-refractivity contribution in [2.75, 3.05) is 26.2 Å². The van der Waals surface area contributed by atoms with Gasteiger partial charge in [-0.1, -0.05) is 12.8 Å². The van der Waals surface area contributed by atoms with Crippen molar-refractivity contribution < 1.29 is 9.59 Å². The van der Waals surface area contributed by atoms with Crippen LogP contribution in [0.15, 0.2) is 23.0 Å². The van der Waals surface area contributed by atoms with Crippen LogP contribution in [0.4, 0.5) is 0 Å². The summed E-state index contributed by atoms with van der Waals surface area (Å²) in [6.07, 6.45) is 5.93. The smallest absolute Gasteiger partial charge is 0.261 e. The molecule has 0 N–H and O–H groups in total. The van der Waals surface area contributed by atoms with Crippen LogP contribution in [-0.4, -0.2) is 57.3 Å². The van der Waals surface area contributed by atoms with Gasteiger partial charge in [0.05, 0.1) is 10.9 Å². The molecule has 154 valence electrons. The van der Waals surface area contributed by atoms with E-state index in [-0.39, 0.29) is 17.4 Å². The van der Waals surface area contributed by atoms with Gasteiger partial charge in [-0.3, -0.25) is 19.0 Å². The minimum atomic E-state index is -0.0639. The molecule has 2 aliphatic heterocycles. The summed E-state index contributed by atoms with van der Waals surface area (Å²) in [5.41, 5.74) is 1.15. The third-order valence-electron chi connectivity index (χ3n) is 6.04. The molecule has 1 aromatic carbocycles. The molecule has 0 radical (unpaired) electrons. The molecular weight excluding hydrogens is 368 g/mol. The fourth-order valence-electron chi connectivity index (χ4n) is 4.35. The molecule has 2 aromatic rings. The molecule has 4 rings (SSSR count). The molecule has 0 spiro atoms. The van der Waals surface area contributed by atoms with Crippen LogP contribution in [0.25, 0.3) is 10.9 Å². The Balaban J connectivity index is 1.63. The third kappa shape index (κ3) is 4.04. The van der Waals surface area contributed by atoms with E-state index in [4.69, 9.17) is 4.98 Å². The topological polar surface area (TPSA) is 75.5 Å². The van der Waals surface area contributed by atoms with Crippen molar-refractivity contribution in [3.05, 3.63) is 39.9 Å². The van der Waals surface area contributed by atoms with Crippen LogP contribution in [0.2, 0.25) is 0 Å². The monoisotopic (exact) mass is 396 g/mol. The second-order valence-electron chi connectivity index (χ2n) is 8.03. The van der Waals surface area contributed by atoms with E-state index < -0.39 is 0 Å². The Bertz CT molecular complexity index is 997. The molecule has 2 amide bonds. The average molecular weight is 396 g/mol. The minimum absolute atomic E-state index is 0.00206. The highest BCUT2D eigenvalue weighted by molar-refractivity contribution is 5.97. The molecule has 0 unspecified atom stereocenters. The number of hydrogen-bond acceptors (Lipinski definition) is 4. The fraction of sp³-hybridized carbons (Fsp3) is 0.545. The summed E-state index contributed by atoms with van der Waals surface area (Å²) in [7, 11) is 0. The zero-order valence-electron chi connectivity index (χ0n) is 17.0. The molecule has 7 heteroatoms. The molecule has 0 saturated carbocycles. The molecule has 2 aliphatic rings. The number of hydrogen-bond donors (Lipinski definition) is 0. The summed E-state index contributed by atoms with van der Waals surface area (Å²) in [6, 6.07) is 5.23. The standard InChI is InChI=1S/C22H28N4O3/c1-16(27)24-10-6-11-25(14-13-24)21(28)17-8-9-18-19(15-17)23-20-7-4-2-3-5-12-26(20)22(18)29/h8-9,15H,2-7,10-14H2,1H3. The van der Waals surface area contributed by atoms with Crippen molar-refractivity contribution in [1.29, 1.82) is 0 Å². The second kappa shape index (κ2) is 8.35. The summed E-state index contributed by atoms with van der Waals surface area (Å²) in [4.78, 5) is 46.0. The lowest BCUT2D eigenvalue weighted by Crippen LogP contribution is -2.36. The largest absolute Gasteiger partial charge is 0.341 e. The van der Waals surface area contributed by atoms with Gasteiger partial charge >= 0.3 is 0 Å². The zero-order valence-corrected chi connectivity index (χ0v) is 17.0. The van der Waals surface area contributed by atoms with E-state index in [2.05, 4.69) is 0 Å². The molecule has 1 fully saturated rings. The van der Waals surface area contributed by atoms with Crippen molar-refractivity contribution in [1.82, 2.24) is 19.4 Å². The summed E-state index contributed by atoms with van der Waals surface area (Å²) in [5.74, 6) is 0.816. The first kappa shape index (κ1) is 19.6. The van der Waals surface area contributed by atoms with Gasteiger partial charge in [0.2, 0.25) is 5.91 Å². The van der Waals surface area contributed by atoms with Gasteiger partial charge in [0.15, 0.2) is 0 Å². The van der Waals surface area contributed by atoms with Gasteiger partial charge in [-0.15, -0.1) is 0 Å². The normalized spacial score (nSPS) is 18.0. The Morgan fingerprint density at radius 2 is 1.66 bits per heavy atom. The quantitative estimate of drug-likeness (QED) is 0.741. The van der Waals surface area contributed by atoms with E-state index in [1.54, 1.807) is 34.9 Å². The van der Waals surface area contributed by atoms with Gasteiger partial charge in [0.1, 0.15) is 5.82 Å². The van der Waals surface area contributed by atoms with E-state index in [0.29, 0.717) is 42.6 Å². The lowest BCUT2D eigenvalue weighted by atomic mass is 10.1. The number of carbonyl (C=O) groups is 2. The summed E-state index contributed by atoms with van der Waals surface area (Å²) in [5, 5.41) is 0.574. The fourth-order valence-corrected chi connectivity index (χ4v) is 4.35. The number of aryl methyl sites for hydroxylation is 1. The van der Waals surface area contributed by atoms with Crippen molar-refractivity contribution in [3.63, 3.8) is 0 Å². The van der Waals surface area contributed by atoms with Gasteiger partial charge in [-0.25, -0.2) is 4.98 Å². The zero-order chi connectivity index (χ0) is 20.4. The molecular formula is C22H28N4O3. The Kier molecular flexibility index (Phi) is 5.65. The molecule has 1 saturated heterocycles. The number of benzene rings is 1. The number of aromatic nitrogens is 2. The van der Waals surface area contributed by atoms with E-state index in [0.717, 1.165) is 44.5 Å². The van der Waals surface area contributed by atoms with Crippen LogP contribution >= 0.6 is 0 Å². The maximum Gasteiger partial charge on any atom is 0.261 e. The van der Waals surface area contributed by atoms with Crippen LogP contribution in [0.3, 0.4) is 0 Å². The van der Waals surface area contributed by atoms with E-state index in [1.165, 1.54) is 6.42 Å². The van der Waals surface area contributed by atoms with Gasteiger partial charge in [-0.2, -0.15) is 0 Å². The third-order valence-corrected chi connectivity index (χ3v) is 6.04. The predicted octanol–water partition coefficient (Wildman–Crippen LogP) is 2.21. The van der Waals surface area contributed by atoms with E-state index in [9.17, 15) is 14.4 Å². The highest BCUT2D eigenvalue weighted by Crippen LogP contribution is 2.18.